The van der Waals surface area contributed by atoms with Crippen molar-refractivity contribution < 1.29 is 23.9 Å². The number of aryl methyl sites for hydroxylation is 1. The highest BCUT2D eigenvalue weighted by atomic mass is 19.1. The average molecular weight is 386 g/mol. The molecule has 0 unspecified atom stereocenters. The van der Waals surface area contributed by atoms with Gasteiger partial charge in [0, 0.05) is 19.8 Å². The van der Waals surface area contributed by atoms with E-state index in [2.05, 4.69) is 10.6 Å². The van der Waals surface area contributed by atoms with Crippen LogP contribution in [0.1, 0.15) is 23.6 Å². The van der Waals surface area contributed by atoms with Gasteiger partial charge in [-0.25, -0.2) is 9.18 Å². The maximum atomic E-state index is 13.1. The van der Waals surface area contributed by atoms with Crippen molar-refractivity contribution in [2.75, 3.05) is 0 Å². The van der Waals surface area contributed by atoms with Crippen molar-refractivity contribution >= 4 is 17.8 Å². The van der Waals surface area contributed by atoms with E-state index >= 15 is 0 Å². The third kappa shape index (κ3) is 6.50. The van der Waals surface area contributed by atoms with Crippen LogP contribution in [0.15, 0.2) is 48.5 Å². The summed E-state index contributed by atoms with van der Waals surface area (Å²) >= 11 is 0. The molecule has 0 spiro atoms. The molecule has 2 rings (SSSR count). The second-order valence-corrected chi connectivity index (χ2v) is 6.67. The molecule has 0 heterocycles. The van der Waals surface area contributed by atoms with Gasteiger partial charge in [-0.15, -0.1) is 0 Å². The normalized spacial score (nSPS) is 12.7. The predicted octanol–water partition coefficient (Wildman–Crippen LogP) is 1.99. The number of hydrogen-bond donors (Lipinski definition) is 3. The lowest BCUT2D eigenvalue weighted by Crippen LogP contribution is -2.52. The van der Waals surface area contributed by atoms with Crippen LogP contribution in [0.25, 0.3) is 0 Å². The predicted molar refractivity (Wildman–Crippen MR) is 102 cm³/mol. The van der Waals surface area contributed by atoms with Crippen LogP contribution in [-0.2, 0) is 27.2 Å². The Morgan fingerprint density at radius 1 is 0.893 bits per heavy atom. The van der Waals surface area contributed by atoms with Gasteiger partial charge < -0.3 is 15.7 Å². The summed E-state index contributed by atoms with van der Waals surface area (Å²) in [5.74, 6) is -2.61. The maximum Gasteiger partial charge on any atom is 0.326 e. The number of benzene rings is 2. The first-order valence-electron chi connectivity index (χ1n) is 8.85. The van der Waals surface area contributed by atoms with E-state index in [9.17, 15) is 23.9 Å². The van der Waals surface area contributed by atoms with Gasteiger partial charge in [-0.3, -0.25) is 9.59 Å². The number of halogens is 1. The molecule has 3 N–H and O–H groups in total. The minimum Gasteiger partial charge on any atom is -0.480 e. The van der Waals surface area contributed by atoms with Crippen molar-refractivity contribution in [3.05, 3.63) is 71.0 Å². The highest BCUT2D eigenvalue weighted by molar-refractivity contribution is 5.90. The van der Waals surface area contributed by atoms with Gasteiger partial charge in [-0.05, 0) is 30.2 Å². The van der Waals surface area contributed by atoms with E-state index in [0.29, 0.717) is 5.56 Å². The van der Waals surface area contributed by atoms with Crippen LogP contribution in [0.5, 0.6) is 0 Å². The fourth-order valence-corrected chi connectivity index (χ4v) is 2.74. The molecule has 0 saturated carbocycles. The lowest BCUT2D eigenvalue weighted by atomic mass is 10.0. The van der Waals surface area contributed by atoms with Gasteiger partial charge in [0.25, 0.3) is 0 Å². The molecule has 2 aromatic rings. The van der Waals surface area contributed by atoms with Gasteiger partial charge in [0.1, 0.15) is 17.9 Å². The molecule has 2 amide bonds. The van der Waals surface area contributed by atoms with Crippen molar-refractivity contribution in [3.8, 4) is 0 Å². The van der Waals surface area contributed by atoms with E-state index in [1.807, 2.05) is 19.1 Å². The van der Waals surface area contributed by atoms with Crippen LogP contribution in [0.4, 0.5) is 4.39 Å². The highest BCUT2D eigenvalue weighted by Gasteiger charge is 2.26. The number of hydrogen-bond acceptors (Lipinski definition) is 3. The van der Waals surface area contributed by atoms with E-state index < -0.39 is 35.7 Å². The lowest BCUT2D eigenvalue weighted by Gasteiger charge is -2.21. The number of carboxylic acid groups (broad SMARTS) is 1. The Morgan fingerprint density at radius 3 is 1.89 bits per heavy atom. The number of nitrogens with one attached hydrogen (secondary N) is 2. The van der Waals surface area contributed by atoms with Crippen LogP contribution in [-0.4, -0.2) is 35.0 Å². The molecule has 2 atom stereocenters. The number of carbonyl (C=O) groups excluding carboxylic acids is 2. The minimum atomic E-state index is -1.17. The summed E-state index contributed by atoms with van der Waals surface area (Å²) in [5, 5.41) is 14.5. The van der Waals surface area contributed by atoms with Crippen LogP contribution in [0.3, 0.4) is 0 Å². The van der Waals surface area contributed by atoms with E-state index in [1.165, 1.54) is 31.2 Å². The maximum absolute atomic E-state index is 13.1. The molecule has 0 bridgehead atoms. The molecule has 0 aliphatic carbocycles. The van der Waals surface area contributed by atoms with Crippen molar-refractivity contribution in [2.24, 2.45) is 0 Å². The van der Waals surface area contributed by atoms with Gasteiger partial charge >= 0.3 is 5.97 Å². The second kappa shape index (κ2) is 9.64. The molecule has 28 heavy (non-hydrogen) atoms. The number of amides is 2. The van der Waals surface area contributed by atoms with Crippen molar-refractivity contribution in [2.45, 2.75) is 38.8 Å². The van der Waals surface area contributed by atoms with Crippen LogP contribution >= 0.6 is 0 Å². The zero-order valence-corrected chi connectivity index (χ0v) is 15.7. The van der Waals surface area contributed by atoms with E-state index in [-0.39, 0.29) is 12.8 Å². The van der Waals surface area contributed by atoms with Crippen LogP contribution in [0, 0.1) is 12.7 Å². The van der Waals surface area contributed by atoms with Crippen molar-refractivity contribution in [1.82, 2.24) is 10.6 Å². The van der Waals surface area contributed by atoms with E-state index in [0.717, 1.165) is 11.1 Å². The smallest absolute Gasteiger partial charge is 0.326 e. The van der Waals surface area contributed by atoms with Gasteiger partial charge in [0.05, 0.1) is 0 Å². The van der Waals surface area contributed by atoms with E-state index in [4.69, 9.17) is 0 Å². The molecule has 0 aromatic heterocycles. The first kappa shape index (κ1) is 21.1. The molecule has 148 valence electrons. The summed E-state index contributed by atoms with van der Waals surface area (Å²) < 4.78 is 13.1. The highest BCUT2D eigenvalue weighted by Crippen LogP contribution is 2.09. The quantitative estimate of drug-likeness (QED) is 0.647. The Hall–Kier alpha value is -3.22. The van der Waals surface area contributed by atoms with E-state index in [1.54, 1.807) is 12.1 Å². The number of rotatable bonds is 8. The van der Waals surface area contributed by atoms with Crippen molar-refractivity contribution in [1.29, 1.82) is 0 Å². The number of carboxylic acids is 1. The Bertz CT molecular complexity index is 834. The minimum absolute atomic E-state index is 0.114. The van der Waals surface area contributed by atoms with Gasteiger partial charge in [-0.2, -0.15) is 0 Å². The zero-order chi connectivity index (χ0) is 20.7. The van der Waals surface area contributed by atoms with Crippen LogP contribution < -0.4 is 10.6 Å². The van der Waals surface area contributed by atoms with Crippen molar-refractivity contribution in [3.63, 3.8) is 0 Å². The molecule has 6 nitrogen and oxygen atoms in total. The lowest BCUT2D eigenvalue weighted by molar-refractivity contribution is -0.142. The molecule has 0 aliphatic heterocycles. The largest absolute Gasteiger partial charge is 0.480 e. The molecular weight excluding hydrogens is 363 g/mol. The standard InChI is InChI=1S/C21H23FN2O4/c1-13-3-5-15(6-4-13)12-19(21(27)28)24-20(26)18(23-14(2)25)11-16-7-9-17(22)10-8-16/h3-10,18-19H,11-12H2,1-2H3,(H,23,25)(H,24,26)(H,27,28)/t18-,19-/m0/s1. The Labute approximate surface area is 162 Å². The fraction of sp³-hybridized carbons (Fsp3) is 0.286. The Kier molecular flexibility index (Phi) is 7.26. The molecule has 0 fully saturated rings. The third-order valence-electron chi connectivity index (χ3n) is 4.22. The first-order chi connectivity index (χ1) is 13.2. The molecule has 0 radical (unpaired) electrons. The summed E-state index contributed by atoms with van der Waals surface area (Å²) in [7, 11) is 0. The average Bonchev–Trinajstić information content (AvgIpc) is 2.63. The van der Waals surface area contributed by atoms with Crippen LogP contribution in [0.2, 0.25) is 0 Å². The molecule has 7 heteroatoms. The monoisotopic (exact) mass is 386 g/mol. The van der Waals surface area contributed by atoms with Gasteiger partial charge in [0.15, 0.2) is 0 Å². The molecule has 0 aliphatic rings. The number of aliphatic carboxylic acids is 1. The third-order valence-corrected chi connectivity index (χ3v) is 4.22. The summed E-state index contributed by atoms with van der Waals surface area (Å²) in [6, 6.07) is 10.8. The van der Waals surface area contributed by atoms with Gasteiger partial charge in [0.2, 0.25) is 11.8 Å². The molecule has 2 aromatic carbocycles. The number of carbonyl (C=O) groups is 3. The van der Waals surface area contributed by atoms with Gasteiger partial charge in [-0.1, -0.05) is 42.0 Å². The first-order valence-corrected chi connectivity index (χ1v) is 8.85. The Balaban J connectivity index is 2.11. The summed E-state index contributed by atoms with van der Waals surface area (Å²) in [6.07, 6.45) is 0.229. The SMILES string of the molecule is CC(=O)N[C@@H](Cc1ccc(F)cc1)C(=O)N[C@@H](Cc1ccc(C)cc1)C(=O)O. The molecule has 0 saturated heterocycles. The Morgan fingerprint density at radius 2 is 1.39 bits per heavy atom. The molecular formula is C21H23FN2O4. The topological polar surface area (TPSA) is 95.5 Å². The second-order valence-electron chi connectivity index (χ2n) is 6.67. The summed E-state index contributed by atoms with van der Waals surface area (Å²) in [5.41, 5.74) is 2.46. The summed E-state index contributed by atoms with van der Waals surface area (Å²) in [4.78, 5) is 35.7. The summed E-state index contributed by atoms with van der Waals surface area (Å²) in [6.45, 7) is 3.19. The fourth-order valence-electron chi connectivity index (χ4n) is 2.74. The zero-order valence-electron chi connectivity index (χ0n) is 15.7.